The van der Waals surface area contributed by atoms with Crippen molar-refractivity contribution in [3.05, 3.63) is 35.4 Å². The second kappa shape index (κ2) is 8.62. The molecule has 3 aliphatic rings. The number of methoxy groups -OCH3 is 3. The molecule has 0 saturated carbocycles. The van der Waals surface area contributed by atoms with Gasteiger partial charge >= 0.3 is 0 Å². The van der Waals surface area contributed by atoms with Crippen molar-refractivity contribution >= 4 is 0 Å². The Morgan fingerprint density at radius 2 is 1.47 bits per heavy atom. The van der Waals surface area contributed by atoms with Crippen molar-refractivity contribution < 1.29 is 28.4 Å². The van der Waals surface area contributed by atoms with Crippen molar-refractivity contribution in [3.8, 4) is 34.5 Å². The van der Waals surface area contributed by atoms with Gasteiger partial charge in [0.05, 0.1) is 21.3 Å². The van der Waals surface area contributed by atoms with Gasteiger partial charge in [0.1, 0.15) is 5.75 Å². The number of hydrogen-bond donors (Lipinski definition) is 0. The average Bonchev–Trinajstić information content (AvgIpc) is 3.29. The van der Waals surface area contributed by atoms with Crippen molar-refractivity contribution in [2.24, 2.45) is 5.92 Å². The summed E-state index contributed by atoms with van der Waals surface area (Å²) in [4.78, 5) is 2.48. The summed E-state index contributed by atoms with van der Waals surface area (Å²) in [5, 5.41) is 0. The Kier molecular flexibility index (Phi) is 5.67. The van der Waals surface area contributed by atoms with E-state index in [9.17, 15) is 0 Å². The van der Waals surface area contributed by atoms with Crippen LogP contribution in [0.4, 0.5) is 0 Å². The molecule has 2 aromatic rings. The van der Waals surface area contributed by atoms with Crippen LogP contribution in [0.5, 0.6) is 34.5 Å². The Hall–Kier alpha value is -2.80. The Morgan fingerprint density at radius 3 is 2.09 bits per heavy atom. The second-order valence-electron chi connectivity index (χ2n) is 8.64. The van der Waals surface area contributed by atoms with E-state index in [-0.39, 0.29) is 24.9 Å². The maximum atomic E-state index is 6.62. The minimum atomic E-state index is -0.0211. The van der Waals surface area contributed by atoms with Gasteiger partial charge in [0, 0.05) is 36.6 Å². The van der Waals surface area contributed by atoms with Gasteiger partial charge in [-0.15, -0.1) is 0 Å². The van der Waals surface area contributed by atoms with Crippen LogP contribution < -0.4 is 28.4 Å². The Balaban J connectivity index is 1.64. The number of fused-ring (bicyclic) bond motifs is 2. The van der Waals surface area contributed by atoms with Crippen LogP contribution in [0.25, 0.3) is 0 Å². The van der Waals surface area contributed by atoms with Crippen molar-refractivity contribution in [2.75, 3.05) is 41.2 Å². The first-order valence-corrected chi connectivity index (χ1v) is 11.3. The molecule has 3 atom stereocenters. The van der Waals surface area contributed by atoms with E-state index in [4.69, 9.17) is 28.4 Å². The van der Waals surface area contributed by atoms with Gasteiger partial charge in [0.15, 0.2) is 29.2 Å². The summed E-state index contributed by atoms with van der Waals surface area (Å²) in [5.74, 6) is 4.50. The van der Waals surface area contributed by atoms with Crippen molar-refractivity contribution in [1.82, 2.24) is 4.90 Å². The minimum Gasteiger partial charge on any atom is -0.493 e. The predicted molar refractivity (Wildman–Crippen MR) is 120 cm³/mol. The quantitative estimate of drug-likeness (QED) is 0.681. The summed E-state index contributed by atoms with van der Waals surface area (Å²) in [7, 11) is 4.92. The lowest BCUT2D eigenvalue weighted by Gasteiger charge is -2.44. The van der Waals surface area contributed by atoms with Crippen LogP contribution in [0, 0.1) is 5.92 Å². The maximum absolute atomic E-state index is 6.62. The van der Waals surface area contributed by atoms with Crippen LogP contribution in [-0.2, 0) is 0 Å². The topological polar surface area (TPSA) is 58.6 Å². The van der Waals surface area contributed by atoms with E-state index in [1.54, 1.807) is 21.3 Å². The summed E-state index contributed by atoms with van der Waals surface area (Å²) < 4.78 is 34.8. The first-order valence-electron chi connectivity index (χ1n) is 11.3. The van der Waals surface area contributed by atoms with Crippen LogP contribution in [0.1, 0.15) is 43.2 Å². The van der Waals surface area contributed by atoms with E-state index >= 15 is 0 Å². The molecular formula is C25H31NO6. The summed E-state index contributed by atoms with van der Waals surface area (Å²) in [5.41, 5.74) is 2.18. The maximum Gasteiger partial charge on any atom is 0.231 e. The van der Waals surface area contributed by atoms with Gasteiger partial charge < -0.3 is 28.4 Å². The highest BCUT2D eigenvalue weighted by molar-refractivity contribution is 5.60. The first kappa shape index (κ1) is 21.1. The van der Waals surface area contributed by atoms with E-state index in [1.165, 1.54) is 19.3 Å². The fourth-order valence-corrected chi connectivity index (χ4v) is 5.31. The van der Waals surface area contributed by atoms with E-state index in [2.05, 4.69) is 30.0 Å². The fraction of sp³-hybridized carbons (Fsp3) is 0.520. The lowest BCUT2D eigenvalue weighted by Crippen LogP contribution is -2.50. The van der Waals surface area contributed by atoms with Crippen LogP contribution in [0.3, 0.4) is 0 Å². The number of rotatable bonds is 5. The van der Waals surface area contributed by atoms with Gasteiger partial charge in [0.2, 0.25) is 12.5 Å². The highest BCUT2D eigenvalue weighted by Crippen LogP contribution is 2.52. The number of ether oxygens (including phenoxy) is 6. The molecule has 3 heterocycles. The number of piperidine rings is 1. The molecule has 172 valence electrons. The Labute approximate surface area is 189 Å². The number of benzene rings is 2. The largest absolute Gasteiger partial charge is 0.493 e. The summed E-state index contributed by atoms with van der Waals surface area (Å²) >= 11 is 0. The molecule has 1 saturated heterocycles. The zero-order chi connectivity index (χ0) is 22.2. The van der Waals surface area contributed by atoms with E-state index in [0.717, 1.165) is 41.5 Å². The normalized spacial score (nSPS) is 24.4. The van der Waals surface area contributed by atoms with Gasteiger partial charge in [-0.3, -0.25) is 4.90 Å². The van der Waals surface area contributed by atoms with Crippen LogP contribution in [0.15, 0.2) is 24.3 Å². The molecule has 0 unspecified atom stereocenters. The summed E-state index contributed by atoms with van der Waals surface area (Å²) in [6.45, 7) is 4.60. The molecule has 0 N–H and O–H groups in total. The van der Waals surface area contributed by atoms with Crippen molar-refractivity contribution in [1.29, 1.82) is 0 Å². The lowest BCUT2D eigenvalue weighted by molar-refractivity contribution is -0.0403. The molecule has 3 aliphatic heterocycles. The smallest absolute Gasteiger partial charge is 0.231 e. The fourth-order valence-electron chi connectivity index (χ4n) is 5.31. The summed E-state index contributed by atoms with van der Waals surface area (Å²) in [6, 6.07) is 8.14. The number of nitrogens with zero attached hydrogens (tertiary/aromatic N) is 1. The highest BCUT2D eigenvalue weighted by atomic mass is 16.7. The van der Waals surface area contributed by atoms with E-state index in [1.807, 2.05) is 6.07 Å². The average molecular weight is 442 g/mol. The molecule has 0 radical (unpaired) electrons. The van der Waals surface area contributed by atoms with Gasteiger partial charge in [-0.2, -0.15) is 0 Å². The molecule has 7 heteroatoms. The highest BCUT2D eigenvalue weighted by Gasteiger charge is 2.41. The second-order valence-corrected chi connectivity index (χ2v) is 8.64. The zero-order valence-corrected chi connectivity index (χ0v) is 19.2. The SMILES string of the molecule is COc1cc([C@@H]2c3cc4c(cc3O[C@H](N3CCCCC3)[C@H]2C)OCO4)cc(OC)c1OC. The molecule has 0 amide bonds. The molecule has 1 fully saturated rings. The lowest BCUT2D eigenvalue weighted by atomic mass is 9.77. The zero-order valence-electron chi connectivity index (χ0n) is 19.2. The van der Waals surface area contributed by atoms with E-state index < -0.39 is 0 Å². The van der Waals surface area contributed by atoms with Gasteiger partial charge in [-0.1, -0.05) is 13.3 Å². The molecule has 0 spiro atoms. The number of hydrogen-bond acceptors (Lipinski definition) is 7. The third-order valence-electron chi connectivity index (χ3n) is 6.86. The molecular weight excluding hydrogens is 410 g/mol. The molecule has 0 aromatic heterocycles. The van der Waals surface area contributed by atoms with Crippen LogP contribution >= 0.6 is 0 Å². The van der Waals surface area contributed by atoms with Gasteiger partial charge in [-0.05, 0) is 36.6 Å². The molecule has 0 bridgehead atoms. The molecule has 0 aliphatic carbocycles. The molecule has 2 aromatic carbocycles. The third kappa shape index (κ3) is 3.48. The predicted octanol–water partition coefficient (Wildman–Crippen LogP) is 4.41. The van der Waals surface area contributed by atoms with Crippen molar-refractivity contribution in [3.63, 3.8) is 0 Å². The van der Waals surface area contributed by atoms with E-state index in [0.29, 0.717) is 17.2 Å². The van der Waals surface area contributed by atoms with Crippen LogP contribution in [0.2, 0.25) is 0 Å². The van der Waals surface area contributed by atoms with Gasteiger partial charge in [0.25, 0.3) is 0 Å². The van der Waals surface area contributed by atoms with Gasteiger partial charge in [-0.25, -0.2) is 0 Å². The standard InChI is InChI=1S/C25H31NO6/c1-15-23(16-10-21(27-2)24(29-4)22(11-16)28-3)17-12-19-20(31-14-30-19)13-18(17)32-25(15)26-8-6-5-7-9-26/h10-13,15,23,25H,5-9,14H2,1-4H3/t15-,23+,25-/m0/s1. The monoisotopic (exact) mass is 441 g/mol. The molecule has 5 rings (SSSR count). The Bertz CT molecular complexity index is 962. The number of likely N-dealkylation sites (tertiary alicyclic amines) is 1. The molecule has 32 heavy (non-hydrogen) atoms. The molecule has 7 nitrogen and oxygen atoms in total. The Morgan fingerprint density at radius 1 is 0.812 bits per heavy atom. The minimum absolute atomic E-state index is 0.0211. The van der Waals surface area contributed by atoms with Crippen LogP contribution in [-0.4, -0.2) is 52.3 Å². The third-order valence-corrected chi connectivity index (χ3v) is 6.86. The summed E-state index contributed by atoms with van der Waals surface area (Å²) in [6.07, 6.45) is 3.67. The first-order chi connectivity index (χ1) is 15.6. The van der Waals surface area contributed by atoms with Crippen molar-refractivity contribution in [2.45, 2.75) is 38.3 Å².